The summed E-state index contributed by atoms with van der Waals surface area (Å²) in [6, 6.07) is 16.1. The molecule has 2 saturated heterocycles. The number of halogens is 3. The van der Waals surface area contributed by atoms with E-state index in [-0.39, 0.29) is 30.6 Å². The molecule has 0 spiro atoms. The summed E-state index contributed by atoms with van der Waals surface area (Å²) in [6.45, 7) is 6.95. The minimum Gasteiger partial charge on any atom is -0.371 e. The maximum Gasteiger partial charge on any atom is 0.123 e. The average Bonchev–Trinajstić information content (AvgIpc) is 2.98. The molecule has 3 nitrogen and oxygen atoms in total. The first-order valence-corrected chi connectivity index (χ1v) is 9.85. The topological polar surface area (TPSA) is 18.5 Å². The highest BCUT2D eigenvalue weighted by Gasteiger charge is 2.25. The van der Waals surface area contributed by atoms with Crippen LogP contribution >= 0.6 is 24.8 Å². The van der Waals surface area contributed by atoms with E-state index in [9.17, 15) is 4.39 Å². The highest BCUT2D eigenvalue weighted by Crippen LogP contribution is 2.27. The molecule has 2 heterocycles. The molecule has 0 aliphatic carbocycles. The van der Waals surface area contributed by atoms with Crippen LogP contribution in [0.4, 0.5) is 10.1 Å². The summed E-state index contributed by atoms with van der Waals surface area (Å²) in [4.78, 5) is 5.17. The summed E-state index contributed by atoms with van der Waals surface area (Å²) >= 11 is 0. The molecule has 0 aromatic heterocycles. The third-order valence-electron chi connectivity index (χ3n) is 5.75. The van der Waals surface area contributed by atoms with Crippen molar-refractivity contribution < 1.29 is 4.39 Å². The van der Waals surface area contributed by atoms with E-state index in [2.05, 4.69) is 39.4 Å². The molecule has 0 unspecified atom stereocenters. The van der Waals surface area contributed by atoms with Gasteiger partial charge in [-0.3, -0.25) is 4.90 Å². The van der Waals surface area contributed by atoms with E-state index in [4.69, 9.17) is 0 Å². The van der Waals surface area contributed by atoms with Crippen LogP contribution in [0.25, 0.3) is 11.1 Å². The second-order valence-electron chi connectivity index (χ2n) is 7.41. The van der Waals surface area contributed by atoms with E-state index in [1.807, 2.05) is 6.07 Å². The van der Waals surface area contributed by atoms with Crippen LogP contribution in [0.15, 0.2) is 48.5 Å². The van der Waals surface area contributed by atoms with Gasteiger partial charge in [0.05, 0.1) is 0 Å². The Morgan fingerprint density at radius 1 is 0.821 bits per heavy atom. The molecular formula is C22H30Cl2FN3. The molecule has 2 aliphatic heterocycles. The Morgan fingerprint density at radius 3 is 2.29 bits per heavy atom. The van der Waals surface area contributed by atoms with Crippen molar-refractivity contribution >= 4 is 30.5 Å². The quantitative estimate of drug-likeness (QED) is 0.774. The molecule has 0 amide bonds. The van der Waals surface area contributed by atoms with Crippen LogP contribution in [0.3, 0.4) is 0 Å². The van der Waals surface area contributed by atoms with Gasteiger partial charge in [0.25, 0.3) is 0 Å². The van der Waals surface area contributed by atoms with Crippen LogP contribution in [0.2, 0.25) is 0 Å². The fraction of sp³-hybridized carbons (Fsp3) is 0.455. The van der Waals surface area contributed by atoms with Crippen LogP contribution in [0.1, 0.15) is 19.3 Å². The van der Waals surface area contributed by atoms with E-state index in [0.717, 1.165) is 43.3 Å². The van der Waals surface area contributed by atoms with Gasteiger partial charge in [-0.1, -0.05) is 24.3 Å². The Labute approximate surface area is 180 Å². The van der Waals surface area contributed by atoms with Gasteiger partial charge in [0.2, 0.25) is 0 Å². The predicted octanol–water partition coefficient (Wildman–Crippen LogP) is 4.60. The second-order valence-corrected chi connectivity index (χ2v) is 7.41. The third-order valence-corrected chi connectivity index (χ3v) is 5.75. The Balaban J connectivity index is 0.00000140. The van der Waals surface area contributed by atoms with Crippen molar-refractivity contribution in [2.24, 2.45) is 0 Å². The highest BCUT2D eigenvalue weighted by molar-refractivity contribution is 5.85. The van der Waals surface area contributed by atoms with Gasteiger partial charge < -0.3 is 10.2 Å². The molecule has 4 rings (SSSR count). The number of nitrogens with zero attached hydrogens (tertiary/aromatic N) is 2. The van der Waals surface area contributed by atoms with Crippen LogP contribution < -0.4 is 10.2 Å². The molecule has 0 radical (unpaired) electrons. The lowest BCUT2D eigenvalue weighted by Crippen LogP contribution is -2.46. The molecule has 154 valence electrons. The summed E-state index contributed by atoms with van der Waals surface area (Å²) in [6.07, 6.45) is 3.75. The van der Waals surface area contributed by atoms with Gasteiger partial charge in [-0.25, -0.2) is 4.39 Å². The Hall–Kier alpha value is -1.33. The molecule has 6 heteroatoms. The first kappa shape index (κ1) is 23.0. The van der Waals surface area contributed by atoms with Gasteiger partial charge in [0, 0.05) is 37.9 Å². The van der Waals surface area contributed by atoms with Crippen molar-refractivity contribution in [2.45, 2.75) is 25.3 Å². The normalized spacial score (nSPS) is 18.7. The molecule has 0 bridgehead atoms. The van der Waals surface area contributed by atoms with Crippen LogP contribution in [-0.4, -0.2) is 50.2 Å². The van der Waals surface area contributed by atoms with Gasteiger partial charge in [0.1, 0.15) is 5.82 Å². The van der Waals surface area contributed by atoms with Crippen molar-refractivity contribution in [3.63, 3.8) is 0 Å². The van der Waals surface area contributed by atoms with E-state index in [1.54, 1.807) is 12.1 Å². The first-order valence-electron chi connectivity index (χ1n) is 9.85. The Morgan fingerprint density at radius 2 is 1.57 bits per heavy atom. The number of nitrogens with one attached hydrogen (secondary N) is 1. The lowest BCUT2D eigenvalue weighted by atomic mass is 10.0. The van der Waals surface area contributed by atoms with Gasteiger partial charge in [-0.2, -0.15) is 0 Å². The number of piperidine rings is 1. The summed E-state index contributed by atoms with van der Waals surface area (Å²) in [5, 5.41) is 3.50. The Bertz CT molecular complexity index is 710. The lowest BCUT2D eigenvalue weighted by Gasteiger charge is -2.39. The zero-order valence-corrected chi connectivity index (χ0v) is 17.8. The fourth-order valence-electron chi connectivity index (χ4n) is 4.25. The summed E-state index contributed by atoms with van der Waals surface area (Å²) < 4.78 is 13.4. The van der Waals surface area contributed by atoms with Crippen molar-refractivity contribution in [3.05, 3.63) is 54.3 Å². The molecule has 2 fully saturated rings. The molecule has 0 saturated carbocycles. The van der Waals surface area contributed by atoms with Crippen LogP contribution in [0.5, 0.6) is 0 Å². The molecule has 28 heavy (non-hydrogen) atoms. The van der Waals surface area contributed by atoms with E-state index in [1.165, 1.54) is 44.1 Å². The van der Waals surface area contributed by atoms with Crippen LogP contribution in [0, 0.1) is 5.82 Å². The summed E-state index contributed by atoms with van der Waals surface area (Å²) in [5.74, 6) is -0.183. The number of rotatable bonds is 3. The monoisotopic (exact) mass is 425 g/mol. The first-order chi connectivity index (χ1) is 12.8. The third kappa shape index (κ3) is 5.60. The SMILES string of the molecule is Cl.Cl.Fc1cccc(-c2ccc(N3CCC(N4CCCNCC4)CC3)cc2)c1. The van der Waals surface area contributed by atoms with Gasteiger partial charge in [-0.15, -0.1) is 24.8 Å². The van der Waals surface area contributed by atoms with E-state index >= 15 is 0 Å². The minimum atomic E-state index is -0.183. The van der Waals surface area contributed by atoms with Crippen molar-refractivity contribution in [2.75, 3.05) is 44.2 Å². The maximum absolute atomic E-state index is 13.4. The van der Waals surface area contributed by atoms with Gasteiger partial charge in [0.15, 0.2) is 0 Å². The summed E-state index contributed by atoms with van der Waals surface area (Å²) in [5.41, 5.74) is 3.28. The number of benzene rings is 2. The fourth-order valence-corrected chi connectivity index (χ4v) is 4.25. The van der Waals surface area contributed by atoms with Crippen molar-refractivity contribution in [1.29, 1.82) is 0 Å². The standard InChI is InChI=1S/C22H28FN3.2ClH/c23-20-4-1-3-19(17-20)18-5-7-21(8-6-18)26-14-9-22(10-15-26)25-13-2-11-24-12-16-25;;/h1,3-8,17,22,24H,2,9-16H2;2*1H. The average molecular weight is 426 g/mol. The number of anilines is 1. The highest BCUT2D eigenvalue weighted by atomic mass is 35.5. The summed E-state index contributed by atoms with van der Waals surface area (Å²) in [7, 11) is 0. The van der Waals surface area contributed by atoms with Crippen molar-refractivity contribution in [1.82, 2.24) is 10.2 Å². The number of hydrogen-bond acceptors (Lipinski definition) is 3. The Kier molecular flexibility index (Phi) is 9.03. The molecule has 2 aliphatic rings. The number of hydrogen-bond donors (Lipinski definition) is 1. The molecule has 2 aromatic carbocycles. The predicted molar refractivity (Wildman–Crippen MR) is 121 cm³/mol. The van der Waals surface area contributed by atoms with Gasteiger partial charge >= 0.3 is 0 Å². The second kappa shape index (κ2) is 11.0. The van der Waals surface area contributed by atoms with Crippen molar-refractivity contribution in [3.8, 4) is 11.1 Å². The van der Waals surface area contributed by atoms with Crippen LogP contribution in [-0.2, 0) is 0 Å². The molecular weight excluding hydrogens is 396 g/mol. The largest absolute Gasteiger partial charge is 0.371 e. The van der Waals surface area contributed by atoms with E-state index in [0.29, 0.717) is 0 Å². The zero-order chi connectivity index (χ0) is 17.8. The molecule has 2 aromatic rings. The molecule has 1 N–H and O–H groups in total. The maximum atomic E-state index is 13.4. The smallest absolute Gasteiger partial charge is 0.123 e. The zero-order valence-electron chi connectivity index (χ0n) is 16.1. The van der Waals surface area contributed by atoms with E-state index < -0.39 is 0 Å². The minimum absolute atomic E-state index is 0. The lowest BCUT2D eigenvalue weighted by molar-refractivity contribution is 0.180. The molecule has 0 atom stereocenters. The van der Waals surface area contributed by atoms with Gasteiger partial charge in [-0.05, 0) is 67.7 Å².